The van der Waals surface area contributed by atoms with Gasteiger partial charge in [-0.3, -0.25) is 4.79 Å². The van der Waals surface area contributed by atoms with Gasteiger partial charge in [0.15, 0.2) is 0 Å². The Hall–Kier alpha value is -1.61. The van der Waals surface area contributed by atoms with Gasteiger partial charge < -0.3 is 14.4 Å². The minimum absolute atomic E-state index is 0.231. The van der Waals surface area contributed by atoms with E-state index in [-0.39, 0.29) is 11.9 Å². The molecule has 0 aromatic carbocycles. The van der Waals surface area contributed by atoms with Gasteiger partial charge in [-0.25, -0.2) is 4.79 Å². The molecule has 2 aliphatic rings. The molecule has 116 valence electrons. The summed E-state index contributed by atoms with van der Waals surface area (Å²) < 4.78 is 10.3. The van der Waals surface area contributed by atoms with Crippen molar-refractivity contribution < 1.29 is 19.1 Å². The molecule has 1 amide bonds. The Morgan fingerprint density at radius 3 is 2.71 bits per heavy atom. The molecule has 6 nitrogen and oxygen atoms in total. The second-order valence-corrected chi connectivity index (χ2v) is 5.57. The van der Waals surface area contributed by atoms with Gasteiger partial charge in [-0.1, -0.05) is 0 Å². The molecule has 2 saturated heterocycles. The van der Waals surface area contributed by atoms with Crippen LogP contribution in [0.1, 0.15) is 39.0 Å². The largest absolute Gasteiger partial charge is 0.464 e. The standard InChI is InChI=1S/C15H22N2O4/c1-2-21-13(18)12-5-3-4-8-17(12)14(19)15(11-16)6-9-20-10-7-15/h12H,2-10H2,1H3. The summed E-state index contributed by atoms with van der Waals surface area (Å²) in [5.41, 5.74) is -1.04. The summed E-state index contributed by atoms with van der Waals surface area (Å²) in [6.07, 6.45) is 3.17. The van der Waals surface area contributed by atoms with Gasteiger partial charge in [0.05, 0.1) is 12.7 Å². The van der Waals surface area contributed by atoms with Crippen LogP contribution in [0.4, 0.5) is 0 Å². The van der Waals surface area contributed by atoms with Gasteiger partial charge in [0.25, 0.3) is 0 Å². The summed E-state index contributed by atoms with van der Waals surface area (Å²) in [5.74, 6) is -0.586. The average molecular weight is 294 g/mol. The van der Waals surface area contributed by atoms with Gasteiger partial charge in [0, 0.05) is 19.8 Å². The minimum atomic E-state index is -1.04. The number of likely N-dealkylation sites (tertiary alicyclic amines) is 1. The van der Waals surface area contributed by atoms with Crippen molar-refractivity contribution >= 4 is 11.9 Å². The molecule has 21 heavy (non-hydrogen) atoms. The third kappa shape index (κ3) is 3.18. The van der Waals surface area contributed by atoms with E-state index in [4.69, 9.17) is 9.47 Å². The first-order valence-corrected chi connectivity index (χ1v) is 7.61. The fraction of sp³-hybridized carbons (Fsp3) is 0.800. The Morgan fingerprint density at radius 1 is 1.38 bits per heavy atom. The molecular formula is C15H22N2O4. The Bertz CT molecular complexity index is 437. The van der Waals surface area contributed by atoms with E-state index in [2.05, 4.69) is 6.07 Å². The minimum Gasteiger partial charge on any atom is -0.464 e. The molecule has 6 heteroatoms. The monoisotopic (exact) mass is 294 g/mol. The fourth-order valence-corrected chi connectivity index (χ4v) is 3.03. The molecule has 0 aromatic rings. The number of rotatable bonds is 3. The van der Waals surface area contributed by atoms with E-state index < -0.39 is 11.5 Å². The van der Waals surface area contributed by atoms with Crippen LogP contribution in [0.2, 0.25) is 0 Å². The van der Waals surface area contributed by atoms with Crippen LogP contribution in [0.25, 0.3) is 0 Å². The van der Waals surface area contributed by atoms with Crippen molar-refractivity contribution in [3.63, 3.8) is 0 Å². The molecule has 2 fully saturated rings. The lowest BCUT2D eigenvalue weighted by Crippen LogP contribution is -2.54. The van der Waals surface area contributed by atoms with E-state index in [1.165, 1.54) is 0 Å². The normalized spacial score (nSPS) is 25.0. The quantitative estimate of drug-likeness (QED) is 0.732. The molecular weight excluding hydrogens is 272 g/mol. The molecule has 0 aromatic heterocycles. The highest BCUT2D eigenvalue weighted by Crippen LogP contribution is 2.34. The van der Waals surface area contributed by atoms with Crippen LogP contribution < -0.4 is 0 Å². The van der Waals surface area contributed by atoms with E-state index in [0.29, 0.717) is 45.6 Å². The van der Waals surface area contributed by atoms with Crippen LogP contribution in [0.15, 0.2) is 0 Å². The summed E-state index contributed by atoms with van der Waals surface area (Å²) in [7, 11) is 0. The Morgan fingerprint density at radius 2 is 2.10 bits per heavy atom. The van der Waals surface area contributed by atoms with Crippen molar-refractivity contribution in [2.75, 3.05) is 26.4 Å². The molecule has 0 radical (unpaired) electrons. The van der Waals surface area contributed by atoms with Crippen LogP contribution in [-0.2, 0) is 19.1 Å². The number of hydrogen-bond donors (Lipinski definition) is 0. The molecule has 2 rings (SSSR count). The Labute approximate surface area is 125 Å². The summed E-state index contributed by atoms with van der Waals surface area (Å²) in [5, 5.41) is 9.50. The second kappa shape index (κ2) is 6.90. The van der Waals surface area contributed by atoms with Crippen molar-refractivity contribution in [2.45, 2.75) is 45.1 Å². The summed E-state index contributed by atoms with van der Waals surface area (Å²) in [4.78, 5) is 26.5. The number of piperidine rings is 1. The van der Waals surface area contributed by atoms with E-state index >= 15 is 0 Å². The zero-order valence-corrected chi connectivity index (χ0v) is 12.5. The molecule has 0 bridgehead atoms. The van der Waals surface area contributed by atoms with Gasteiger partial charge in [-0.2, -0.15) is 5.26 Å². The predicted octanol–water partition coefficient (Wildman–Crippen LogP) is 1.25. The van der Waals surface area contributed by atoms with Gasteiger partial charge >= 0.3 is 5.97 Å². The van der Waals surface area contributed by atoms with E-state index in [1.54, 1.807) is 11.8 Å². The lowest BCUT2D eigenvalue weighted by Gasteiger charge is -2.40. The number of carbonyl (C=O) groups excluding carboxylic acids is 2. The summed E-state index contributed by atoms with van der Waals surface area (Å²) >= 11 is 0. The molecule has 0 spiro atoms. The SMILES string of the molecule is CCOC(=O)C1CCCCN1C(=O)C1(C#N)CCOCC1. The number of ether oxygens (including phenoxy) is 2. The highest BCUT2D eigenvalue weighted by atomic mass is 16.5. The van der Waals surface area contributed by atoms with Crippen LogP contribution in [0.5, 0.6) is 0 Å². The lowest BCUT2D eigenvalue weighted by atomic mass is 9.79. The second-order valence-electron chi connectivity index (χ2n) is 5.57. The van der Waals surface area contributed by atoms with Gasteiger partial charge in [0.1, 0.15) is 11.5 Å². The maximum atomic E-state index is 12.9. The van der Waals surface area contributed by atoms with E-state index in [0.717, 1.165) is 12.8 Å². The fourth-order valence-electron chi connectivity index (χ4n) is 3.03. The van der Waals surface area contributed by atoms with Crippen LogP contribution in [0, 0.1) is 16.7 Å². The smallest absolute Gasteiger partial charge is 0.328 e. The Kier molecular flexibility index (Phi) is 5.18. The maximum Gasteiger partial charge on any atom is 0.328 e. The highest BCUT2D eigenvalue weighted by molar-refractivity contribution is 5.90. The van der Waals surface area contributed by atoms with Crippen molar-refractivity contribution in [1.82, 2.24) is 4.90 Å². The number of hydrogen-bond acceptors (Lipinski definition) is 5. The molecule has 0 saturated carbocycles. The number of nitriles is 1. The number of carbonyl (C=O) groups is 2. The number of amides is 1. The molecule has 1 unspecified atom stereocenters. The first-order valence-electron chi connectivity index (χ1n) is 7.61. The van der Waals surface area contributed by atoms with Crippen LogP contribution in [0.3, 0.4) is 0 Å². The molecule has 2 heterocycles. The number of nitrogens with zero attached hydrogens (tertiary/aromatic N) is 2. The summed E-state index contributed by atoms with van der Waals surface area (Å²) in [6, 6.07) is 1.64. The molecule has 1 atom stereocenters. The first kappa shape index (κ1) is 15.8. The molecule has 2 aliphatic heterocycles. The van der Waals surface area contributed by atoms with Crippen molar-refractivity contribution in [3.8, 4) is 6.07 Å². The van der Waals surface area contributed by atoms with Gasteiger partial charge in [-0.15, -0.1) is 0 Å². The van der Waals surface area contributed by atoms with Crippen molar-refractivity contribution in [3.05, 3.63) is 0 Å². The van der Waals surface area contributed by atoms with E-state index in [9.17, 15) is 14.9 Å². The van der Waals surface area contributed by atoms with Crippen LogP contribution in [-0.4, -0.2) is 49.2 Å². The summed E-state index contributed by atoms with van der Waals surface area (Å²) in [6.45, 7) is 3.40. The number of esters is 1. The third-order valence-corrected chi connectivity index (χ3v) is 4.29. The molecule has 0 N–H and O–H groups in total. The van der Waals surface area contributed by atoms with E-state index in [1.807, 2.05) is 0 Å². The highest BCUT2D eigenvalue weighted by Gasteiger charge is 2.46. The lowest BCUT2D eigenvalue weighted by molar-refractivity contribution is -0.161. The van der Waals surface area contributed by atoms with Crippen molar-refractivity contribution in [1.29, 1.82) is 5.26 Å². The zero-order valence-electron chi connectivity index (χ0n) is 12.5. The predicted molar refractivity (Wildman–Crippen MR) is 74.1 cm³/mol. The van der Waals surface area contributed by atoms with Gasteiger partial charge in [0.2, 0.25) is 5.91 Å². The van der Waals surface area contributed by atoms with Gasteiger partial charge in [-0.05, 0) is 39.0 Å². The topological polar surface area (TPSA) is 79.6 Å². The zero-order chi connectivity index (χ0) is 15.3. The van der Waals surface area contributed by atoms with Crippen molar-refractivity contribution in [2.24, 2.45) is 5.41 Å². The Balaban J connectivity index is 2.18. The molecule has 0 aliphatic carbocycles. The maximum absolute atomic E-state index is 12.9. The third-order valence-electron chi connectivity index (χ3n) is 4.29. The average Bonchev–Trinajstić information content (AvgIpc) is 2.55. The first-order chi connectivity index (χ1) is 10.1. The van der Waals surface area contributed by atoms with Crippen LogP contribution >= 0.6 is 0 Å².